The highest BCUT2D eigenvalue weighted by Crippen LogP contribution is 2.37. The lowest BCUT2D eigenvalue weighted by molar-refractivity contribution is 0.0735. The van der Waals surface area contributed by atoms with E-state index in [-0.39, 0.29) is 11.9 Å². The molecule has 2 aromatic carbocycles. The van der Waals surface area contributed by atoms with Crippen LogP contribution in [0.25, 0.3) is 10.2 Å². The highest BCUT2D eigenvalue weighted by atomic mass is 127. The van der Waals surface area contributed by atoms with Crippen molar-refractivity contribution in [1.29, 1.82) is 0 Å². The summed E-state index contributed by atoms with van der Waals surface area (Å²) in [5.41, 5.74) is 1.80. The van der Waals surface area contributed by atoms with Crippen LogP contribution in [0.15, 0.2) is 48.5 Å². The Bertz CT molecular complexity index is 843. The predicted molar refractivity (Wildman–Crippen MR) is 102 cm³/mol. The van der Waals surface area contributed by atoms with Gasteiger partial charge in [0.25, 0.3) is 5.91 Å². The molecule has 0 bridgehead atoms. The minimum atomic E-state index is 0.109. The Morgan fingerprint density at radius 2 is 2.09 bits per heavy atom. The van der Waals surface area contributed by atoms with Gasteiger partial charge in [-0.25, -0.2) is 4.98 Å². The van der Waals surface area contributed by atoms with E-state index >= 15 is 0 Å². The molecule has 1 amide bonds. The normalized spacial score (nSPS) is 17.8. The van der Waals surface area contributed by atoms with Gasteiger partial charge in [-0.05, 0) is 65.8 Å². The van der Waals surface area contributed by atoms with Crippen LogP contribution >= 0.6 is 33.9 Å². The number of halogens is 1. The molecule has 3 aromatic rings. The summed E-state index contributed by atoms with van der Waals surface area (Å²) in [7, 11) is 0. The number of nitrogens with zero attached hydrogens (tertiary/aromatic N) is 2. The highest BCUT2D eigenvalue weighted by molar-refractivity contribution is 14.1. The maximum Gasteiger partial charge on any atom is 0.254 e. The molecule has 1 atom stereocenters. The molecular formula is C18H15IN2OS. The van der Waals surface area contributed by atoms with E-state index < -0.39 is 0 Å². The average Bonchev–Trinajstić information content (AvgIpc) is 3.20. The van der Waals surface area contributed by atoms with Crippen molar-refractivity contribution in [2.24, 2.45) is 0 Å². The quantitative estimate of drug-likeness (QED) is 0.539. The summed E-state index contributed by atoms with van der Waals surface area (Å²) in [4.78, 5) is 19.6. The molecule has 0 N–H and O–H groups in total. The van der Waals surface area contributed by atoms with Gasteiger partial charge >= 0.3 is 0 Å². The Balaban J connectivity index is 1.67. The minimum absolute atomic E-state index is 0.109. The van der Waals surface area contributed by atoms with E-state index in [1.54, 1.807) is 11.3 Å². The van der Waals surface area contributed by atoms with Crippen molar-refractivity contribution in [3.05, 3.63) is 62.7 Å². The van der Waals surface area contributed by atoms with Gasteiger partial charge in [0.05, 0.1) is 16.3 Å². The van der Waals surface area contributed by atoms with Crippen LogP contribution in [0.4, 0.5) is 0 Å². The SMILES string of the molecule is O=C(c1cccc(I)c1)N1CCCC1c1nc2ccccc2s1. The van der Waals surface area contributed by atoms with Crippen LogP contribution in [-0.4, -0.2) is 22.3 Å². The molecule has 3 nitrogen and oxygen atoms in total. The van der Waals surface area contributed by atoms with E-state index in [1.165, 1.54) is 4.70 Å². The Hall–Kier alpha value is -1.47. The largest absolute Gasteiger partial charge is 0.329 e. The van der Waals surface area contributed by atoms with Crippen molar-refractivity contribution in [1.82, 2.24) is 9.88 Å². The number of rotatable bonds is 2. The third-order valence-corrected chi connectivity index (χ3v) is 5.99. The molecule has 1 unspecified atom stereocenters. The van der Waals surface area contributed by atoms with Crippen LogP contribution in [0.5, 0.6) is 0 Å². The summed E-state index contributed by atoms with van der Waals surface area (Å²) >= 11 is 3.95. The van der Waals surface area contributed by atoms with Crippen molar-refractivity contribution in [2.45, 2.75) is 18.9 Å². The number of benzene rings is 2. The van der Waals surface area contributed by atoms with Crippen LogP contribution in [0.3, 0.4) is 0 Å². The molecule has 0 radical (unpaired) electrons. The standard InChI is InChI=1S/C18H15IN2OS/c19-13-6-3-5-12(11-13)18(22)21-10-4-8-15(21)17-20-14-7-1-2-9-16(14)23-17/h1-3,5-7,9,11,15H,4,8,10H2. The lowest BCUT2D eigenvalue weighted by atomic mass is 10.1. The monoisotopic (exact) mass is 434 g/mol. The molecule has 0 saturated carbocycles. The molecule has 1 saturated heterocycles. The first kappa shape index (κ1) is 15.1. The van der Waals surface area contributed by atoms with E-state index in [1.807, 2.05) is 47.4 Å². The number of hydrogen-bond acceptors (Lipinski definition) is 3. The smallest absolute Gasteiger partial charge is 0.254 e. The molecule has 1 aliphatic heterocycles. The van der Waals surface area contributed by atoms with Crippen LogP contribution in [-0.2, 0) is 0 Å². The number of aromatic nitrogens is 1. The van der Waals surface area contributed by atoms with Crippen LogP contribution in [0, 0.1) is 3.57 Å². The first-order valence-corrected chi connectivity index (χ1v) is 9.54. The van der Waals surface area contributed by atoms with E-state index in [0.717, 1.165) is 39.0 Å². The van der Waals surface area contributed by atoms with Crippen LogP contribution in [0.2, 0.25) is 0 Å². The van der Waals surface area contributed by atoms with Gasteiger partial charge in [0, 0.05) is 15.7 Å². The maximum atomic E-state index is 12.9. The van der Waals surface area contributed by atoms with Gasteiger partial charge in [0.2, 0.25) is 0 Å². The van der Waals surface area contributed by atoms with Crippen molar-refractivity contribution in [3.63, 3.8) is 0 Å². The van der Waals surface area contributed by atoms with Crippen LogP contribution < -0.4 is 0 Å². The van der Waals surface area contributed by atoms with Gasteiger partial charge in [-0.3, -0.25) is 4.79 Å². The molecule has 4 rings (SSSR count). The zero-order chi connectivity index (χ0) is 15.8. The zero-order valence-corrected chi connectivity index (χ0v) is 15.4. The Morgan fingerprint density at radius 3 is 2.91 bits per heavy atom. The summed E-state index contributed by atoms with van der Waals surface area (Å²) in [6, 6.07) is 16.1. The predicted octanol–water partition coefficient (Wildman–Crippen LogP) is 4.88. The average molecular weight is 434 g/mol. The Kier molecular flexibility index (Phi) is 4.07. The number of para-hydroxylation sites is 1. The van der Waals surface area contributed by atoms with Crippen molar-refractivity contribution >= 4 is 50.1 Å². The van der Waals surface area contributed by atoms with Gasteiger partial charge in [-0.2, -0.15) is 0 Å². The van der Waals surface area contributed by atoms with E-state index in [9.17, 15) is 4.79 Å². The third-order valence-electron chi connectivity index (χ3n) is 4.18. The van der Waals surface area contributed by atoms with Gasteiger partial charge in [-0.15, -0.1) is 11.3 Å². The number of carbonyl (C=O) groups is 1. The first-order chi connectivity index (χ1) is 11.2. The Morgan fingerprint density at radius 1 is 1.22 bits per heavy atom. The summed E-state index contributed by atoms with van der Waals surface area (Å²) in [5, 5.41) is 1.06. The summed E-state index contributed by atoms with van der Waals surface area (Å²) < 4.78 is 2.28. The van der Waals surface area contributed by atoms with Gasteiger partial charge in [-0.1, -0.05) is 18.2 Å². The van der Waals surface area contributed by atoms with E-state index in [2.05, 4.69) is 28.7 Å². The van der Waals surface area contributed by atoms with Crippen molar-refractivity contribution in [3.8, 4) is 0 Å². The van der Waals surface area contributed by atoms with Gasteiger partial charge < -0.3 is 4.90 Å². The molecule has 1 aliphatic rings. The summed E-state index contributed by atoms with van der Waals surface area (Å²) in [6.45, 7) is 0.810. The summed E-state index contributed by atoms with van der Waals surface area (Å²) in [6.07, 6.45) is 2.03. The van der Waals surface area contributed by atoms with E-state index in [0.29, 0.717) is 0 Å². The number of fused-ring (bicyclic) bond motifs is 1. The number of hydrogen-bond donors (Lipinski definition) is 0. The fourth-order valence-corrected chi connectivity index (χ4v) is 4.74. The van der Waals surface area contributed by atoms with Crippen molar-refractivity contribution in [2.75, 3.05) is 6.54 Å². The molecule has 116 valence electrons. The molecule has 0 aliphatic carbocycles. The lowest BCUT2D eigenvalue weighted by Crippen LogP contribution is -2.30. The molecule has 0 spiro atoms. The zero-order valence-electron chi connectivity index (χ0n) is 12.4. The lowest BCUT2D eigenvalue weighted by Gasteiger charge is -2.23. The number of amides is 1. The van der Waals surface area contributed by atoms with Crippen molar-refractivity contribution < 1.29 is 4.79 Å². The second-order valence-electron chi connectivity index (χ2n) is 5.69. The topological polar surface area (TPSA) is 33.2 Å². The third kappa shape index (κ3) is 2.87. The molecular weight excluding hydrogens is 419 g/mol. The second kappa shape index (κ2) is 6.20. The number of carbonyl (C=O) groups excluding carboxylic acids is 1. The van der Waals surface area contributed by atoms with Crippen LogP contribution in [0.1, 0.15) is 34.2 Å². The molecule has 5 heteroatoms. The number of thiazole rings is 1. The fraction of sp³-hybridized carbons (Fsp3) is 0.222. The van der Waals surface area contributed by atoms with Gasteiger partial charge in [0.1, 0.15) is 5.01 Å². The summed E-state index contributed by atoms with van der Waals surface area (Å²) in [5.74, 6) is 0.116. The molecule has 1 fully saturated rings. The minimum Gasteiger partial charge on any atom is -0.329 e. The fourth-order valence-electron chi connectivity index (χ4n) is 3.09. The van der Waals surface area contributed by atoms with E-state index in [4.69, 9.17) is 4.98 Å². The molecule has 1 aromatic heterocycles. The molecule has 2 heterocycles. The molecule has 23 heavy (non-hydrogen) atoms. The number of likely N-dealkylation sites (tertiary alicyclic amines) is 1. The highest BCUT2D eigenvalue weighted by Gasteiger charge is 2.32. The second-order valence-corrected chi connectivity index (χ2v) is 7.99. The Labute approximate surface area is 152 Å². The van der Waals surface area contributed by atoms with Gasteiger partial charge in [0.15, 0.2) is 0 Å². The maximum absolute atomic E-state index is 12.9. The first-order valence-electron chi connectivity index (χ1n) is 7.64.